The Morgan fingerprint density at radius 1 is 1.21 bits per heavy atom. The summed E-state index contributed by atoms with van der Waals surface area (Å²) in [5.74, 6) is 5.00. The van der Waals surface area contributed by atoms with Gasteiger partial charge in [-0.3, -0.25) is 4.79 Å². The molecule has 3 saturated carbocycles. The number of carbonyl (C=O) groups excluding carboxylic acids is 1. The lowest BCUT2D eigenvalue weighted by atomic mass is 9.45. The van der Waals surface area contributed by atoms with Gasteiger partial charge in [0.2, 0.25) is 0 Å². The minimum Gasteiger partial charge on any atom is -0.377 e. The van der Waals surface area contributed by atoms with Crippen LogP contribution in [-0.2, 0) is 4.79 Å². The Balaban J connectivity index is 1.72. The molecule has 0 radical (unpaired) electrons. The van der Waals surface area contributed by atoms with E-state index in [9.17, 15) is 9.90 Å². The van der Waals surface area contributed by atoms with Gasteiger partial charge in [0, 0.05) is 11.8 Å². The zero-order chi connectivity index (χ0) is 17.2. The summed E-state index contributed by atoms with van der Waals surface area (Å²) in [6, 6.07) is 0. The van der Waals surface area contributed by atoms with E-state index in [0.717, 1.165) is 44.9 Å². The van der Waals surface area contributed by atoms with Gasteiger partial charge >= 0.3 is 0 Å². The Labute approximate surface area is 146 Å². The molecule has 130 valence electrons. The Morgan fingerprint density at radius 3 is 2.67 bits per heavy atom. The van der Waals surface area contributed by atoms with Crippen molar-refractivity contribution in [1.29, 1.82) is 0 Å². The predicted molar refractivity (Wildman–Crippen MR) is 95.1 cm³/mol. The molecule has 0 aromatic heterocycles. The summed E-state index contributed by atoms with van der Waals surface area (Å²) >= 11 is 0. The normalized spacial score (nSPS) is 50.3. The van der Waals surface area contributed by atoms with Gasteiger partial charge in [-0.25, -0.2) is 0 Å². The molecule has 4 aliphatic rings. The Morgan fingerprint density at radius 2 is 1.96 bits per heavy atom. The topological polar surface area (TPSA) is 37.3 Å². The van der Waals surface area contributed by atoms with Crippen LogP contribution in [-0.4, -0.2) is 16.5 Å². The second-order valence-corrected chi connectivity index (χ2v) is 9.06. The Hall–Kier alpha value is -1.07. The molecule has 3 fully saturated rings. The van der Waals surface area contributed by atoms with Gasteiger partial charge in [0.15, 0.2) is 5.78 Å². The second kappa shape index (κ2) is 5.21. The van der Waals surface area contributed by atoms with Crippen LogP contribution in [0.15, 0.2) is 11.6 Å². The van der Waals surface area contributed by atoms with Crippen LogP contribution < -0.4 is 0 Å². The summed E-state index contributed by atoms with van der Waals surface area (Å²) < 4.78 is 0. The SMILES string of the molecule is C#C[C@]1(O)CC[C@H]2[C@@H]3CCC4=CC(=O)CC[C@]4(C)[C@H]3CC[C@@]21CC. The highest BCUT2D eigenvalue weighted by Crippen LogP contribution is 2.68. The van der Waals surface area contributed by atoms with Gasteiger partial charge in [-0.05, 0) is 80.6 Å². The molecule has 0 saturated heterocycles. The minimum atomic E-state index is -0.906. The van der Waals surface area contributed by atoms with Crippen LogP contribution >= 0.6 is 0 Å². The van der Waals surface area contributed by atoms with Crippen LogP contribution in [0.25, 0.3) is 0 Å². The summed E-state index contributed by atoms with van der Waals surface area (Å²) in [7, 11) is 0. The van der Waals surface area contributed by atoms with Gasteiger partial charge < -0.3 is 5.11 Å². The van der Waals surface area contributed by atoms with E-state index in [2.05, 4.69) is 19.8 Å². The zero-order valence-electron chi connectivity index (χ0n) is 15.1. The Bertz CT molecular complexity index is 641. The highest BCUT2D eigenvalue weighted by molar-refractivity contribution is 5.91. The number of aliphatic hydroxyl groups is 1. The molecule has 2 nitrogen and oxygen atoms in total. The van der Waals surface area contributed by atoms with Crippen LogP contribution in [0.5, 0.6) is 0 Å². The minimum absolute atomic E-state index is 0.0784. The highest BCUT2D eigenvalue weighted by atomic mass is 16.3. The molecule has 0 aromatic carbocycles. The maximum atomic E-state index is 11.9. The van der Waals surface area contributed by atoms with Crippen molar-refractivity contribution in [3.8, 4) is 12.3 Å². The molecule has 24 heavy (non-hydrogen) atoms. The first kappa shape index (κ1) is 16.4. The number of fused-ring (bicyclic) bond motifs is 5. The first-order chi connectivity index (χ1) is 11.4. The number of ketones is 1. The van der Waals surface area contributed by atoms with Crippen LogP contribution in [0, 0.1) is 40.9 Å². The molecule has 0 aliphatic heterocycles. The van der Waals surface area contributed by atoms with Crippen LogP contribution in [0.1, 0.15) is 71.6 Å². The van der Waals surface area contributed by atoms with Gasteiger partial charge in [-0.15, -0.1) is 6.42 Å². The molecule has 0 unspecified atom stereocenters. The van der Waals surface area contributed by atoms with Crippen molar-refractivity contribution < 1.29 is 9.90 Å². The molecule has 6 atom stereocenters. The fourth-order valence-electron chi connectivity index (χ4n) is 7.34. The summed E-state index contributed by atoms with van der Waals surface area (Å²) in [5.41, 5.74) is 0.629. The van der Waals surface area contributed by atoms with E-state index in [-0.39, 0.29) is 10.8 Å². The largest absolute Gasteiger partial charge is 0.377 e. The number of carbonyl (C=O) groups is 1. The molecule has 0 aromatic rings. The number of allylic oxidation sites excluding steroid dienone is 1. The monoisotopic (exact) mass is 326 g/mol. The maximum Gasteiger partial charge on any atom is 0.155 e. The van der Waals surface area contributed by atoms with Crippen molar-refractivity contribution in [2.75, 3.05) is 0 Å². The van der Waals surface area contributed by atoms with Crippen LogP contribution in [0.4, 0.5) is 0 Å². The number of hydrogen-bond donors (Lipinski definition) is 1. The molecule has 4 aliphatic carbocycles. The molecular weight excluding hydrogens is 296 g/mol. The van der Waals surface area contributed by atoms with Crippen molar-refractivity contribution >= 4 is 5.78 Å². The highest BCUT2D eigenvalue weighted by Gasteiger charge is 2.64. The third-order valence-electron chi connectivity index (χ3n) is 8.68. The van der Waals surface area contributed by atoms with Gasteiger partial charge in [-0.2, -0.15) is 0 Å². The van der Waals surface area contributed by atoms with Gasteiger partial charge in [0.05, 0.1) is 0 Å². The molecule has 0 bridgehead atoms. The number of hydrogen-bond acceptors (Lipinski definition) is 2. The standard InChI is InChI=1S/C22H30O2/c1-4-21-12-9-18-17(19(21)10-13-22(21,24)5-2)7-6-15-14-16(23)8-11-20(15,18)3/h2,14,17-19,24H,4,6-13H2,1,3H3/t17-,18+,19+,20+,21+,22+/m1/s1. The first-order valence-electron chi connectivity index (χ1n) is 9.84. The van der Waals surface area contributed by atoms with E-state index in [4.69, 9.17) is 6.42 Å². The first-order valence-corrected chi connectivity index (χ1v) is 9.84. The van der Waals surface area contributed by atoms with Crippen molar-refractivity contribution in [3.05, 3.63) is 11.6 Å². The van der Waals surface area contributed by atoms with E-state index < -0.39 is 5.60 Å². The lowest BCUT2D eigenvalue weighted by molar-refractivity contribution is -0.122. The summed E-state index contributed by atoms with van der Waals surface area (Å²) in [5, 5.41) is 11.2. The zero-order valence-corrected chi connectivity index (χ0v) is 15.1. The van der Waals surface area contributed by atoms with Gasteiger partial charge in [-0.1, -0.05) is 25.3 Å². The van der Waals surface area contributed by atoms with Gasteiger partial charge in [0.25, 0.3) is 0 Å². The van der Waals surface area contributed by atoms with Crippen molar-refractivity contribution in [2.24, 2.45) is 28.6 Å². The molecule has 0 amide bonds. The van der Waals surface area contributed by atoms with E-state index in [1.807, 2.05) is 6.08 Å². The molecule has 2 heteroatoms. The number of terminal acetylenes is 1. The van der Waals surface area contributed by atoms with Crippen LogP contribution in [0.2, 0.25) is 0 Å². The average Bonchev–Trinajstić information content (AvgIpc) is 2.89. The second-order valence-electron chi connectivity index (χ2n) is 9.06. The van der Waals surface area contributed by atoms with E-state index in [0.29, 0.717) is 30.0 Å². The predicted octanol–water partition coefficient (Wildman–Crippen LogP) is 4.27. The summed E-state index contributed by atoms with van der Waals surface area (Å²) in [4.78, 5) is 11.9. The van der Waals surface area contributed by atoms with Crippen LogP contribution in [0.3, 0.4) is 0 Å². The van der Waals surface area contributed by atoms with E-state index in [1.165, 1.54) is 12.0 Å². The average molecular weight is 326 g/mol. The molecule has 4 rings (SSSR count). The van der Waals surface area contributed by atoms with E-state index in [1.54, 1.807) is 0 Å². The maximum absolute atomic E-state index is 11.9. The number of rotatable bonds is 1. The molecule has 0 heterocycles. The fraction of sp³-hybridized carbons (Fsp3) is 0.773. The third-order valence-corrected chi connectivity index (χ3v) is 8.68. The third kappa shape index (κ3) is 1.86. The summed E-state index contributed by atoms with van der Waals surface area (Å²) in [6.45, 7) is 4.62. The van der Waals surface area contributed by atoms with Crippen molar-refractivity contribution in [1.82, 2.24) is 0 Å². The smallest absolute Gasteiger partial charge is 0.155 e. The van der Waals surface area contributed by atoms with Crippen molar-refractivity contribution in [3.63, 3.8) is 0 Å². The molecular formula is C22H30O2. The van der Waals surface area contributed by atoms with Crippen molar-refractivity contribution in [2.45, 2.75) is 77.2 Å². The quantitative estimate of drug-likeness (QED) is 0.731. The summed E-state index contributed by atoms with van der Waals surface area (Å²) in [6.07, 6.45) is 16.8. The fourth-order valence-corrected chi connectivity index (χ4v) is 7.34. The molecule has 0 spiro atoms. The molecule has 1 N–H and O–H groups in total. The lowest BCUT2D eigenvalue weighted by Gasteiger charge is -2.59. The van der Waals surface area contributed by atoms with E-state index >= 15 is 0 Å². The van der Waals surface area contributed by atoms with Gasteiger partial charge in [0.1, 0.15) is 5.60 Å². The lowest BCUT2D eigenvalue weighted by Crippen LogP contribution is -2.55. The Kier molecular flexibility index (Phi) is 3.56.